The first kappa shape index (κ1) is 20.1. The van der Waals surface area contributed by atoms with Gasteiger partial charge in [-0.25, -0.2) is 0 Å². The predicted octanol–water partition coefficient (Wildman–Crippen LogP) is 5.02. The average molecular weight is 405 g/mol. The van der Waals surface area contributed by atoms with Gasteiger partial charge in [0, 0.05) is 30.5 Å². The lowest BCUT2D eigenvalue weighted by Crippen LogP contribution is -2.32. The molecule has 2 heterocycles. The van der Waals surface area contributed by atoms with Crippen molar-refractivity contribution in [1.82, 2.24) is 9.47 Å². The molecule has 0 spiro atoms. The Morgan fingerprint density at radius 2 is 1.90 bits per heavy atom. The smallest absolute Gasteiger partial charge is 0.254 e. The van der Waals surface area contributed by atoms with Crippen molar-refractivity contribution in [3.8, 4) is 11.5 Å². The average Bonchev–Trinajstić information content (AvgIpc) is 3.41. The van der Waals surface area contributed by atoms with Crippen LogP contribution in [0.1, 0.15) is 46.9 Å². The van der Waals surface area contributed by atoms with Gasteiger partial charge in [-0.05, 0) is 54.8 Å². The fraction of sp³-hybridized carbons (Fsp3) is 0.320. The highest BCUT2D eigenvalue weighted by Gasteiger charge is 2.21. The first-order valence-corrected chi connectivity index (χ1v) is 10.5. The molecule has 0 atom stereocenters. The molecular formula is C25H28N2O3. The molecule has 0 radical (unpaired) electrons. The highest BCUT2D eigenvalue weighted by atomic mass is 16.7. The number of amides is 1. The topological polar surface area (TPSA) is 43.7 Å². The van der Waals surface area contributed by atoms with E-state index in [1.807, 2.05) is 17.0 Å². The largest absolute Gasteiger partial charge is 0.454 e. The van der Waals surface area contributed by atoms with Crippen LogP contribution >= 0.6 is 0 Å². The molecule has 0 N–H and O–H groups in total. The molecule has 5 heteroatoms. The van der Waals surface area contributed by atoms with Crippen molar-refractivity contribution >= 4 is 5.91 Å². The van der Waals surface area contributed by atoms with Gasteiger partial charge in [0.2, 0.25) is 6.79 Å². The lowest BCUT2D eigenvalue weighted by Gasteiger charge is -2.24. The van der Waals surface area contributed by atoms with E-state index in [2.05, 4.69) is 61.0 Å². The zero-order chi connectivity index (χ0) is 20.9. The van der Waals surface area contributed by atoms with Crippen molar-refractivity contribution in [2.24, 2.45) is 0 Å². The first-order valence-electron chi connectivity index (χ1n) is 10.5. The third-order valence-electron chi connectivity index (χ3n) is 5.57. The molecule has 1 amide bonds. The van der Waals surface area contributed by atoms with Crippen LogP contribution in [0.4, 0.5) is 0 Å². The van der Waals surface area contributed by atoms with Gasteiger partial charge in [-0.15, -0.1) is 0 Å². The molecule has 0 unspecified atom stereocenters. The van der Waals surface area contributed by atoms with Crippen LogP contribution in [0.3, 0.4) is 0 Å². The molecule has 3 aromatic rings. The van der Waals surface area contributed by atoms with Crippen LogP contribution in [0.5, 0.6) is 11.5 Å². The second-order valence-corrected chi connectivity index (χ2v) is 7.70. The predicted molar refractivity (Wildman–Crippen MR) is 117 cm³/mol. The number of benzene rings is 2. The van der Waals surface area contributed by atoms with Gasteiger partial charge in [-0.3, -0.25) is 4.79 Å². The Morgan fingerprint density at radius 1 is 1.07 bits per heavy atom. The van der Waals surface area contributed by atoms with Crippen LogP contribution in [0.25, 0.3) is 0 Å². The third kappa shape index (κ3) is 4.35. The fourth-order valence-corrected chi connectivity index (χ4v) is 3.73. The Hall–Kier alpha value is -3.21. The summed E-state index contributed by atoms with van der Waals surface area (Å²) in [6.07, 6.45) is 4.09. The third-order valence-corrected chi connectivity index (χ3v) is 5.57. The van der Waals surface area contributed by atoms with Gasteiger partial charge >= 0.3 is 0 Å². The summed E-state index contributed by atoms with van der Waals surface area (Å²) in [5.41, 5.74) is 4.32. The summed E-state index contributed by atoms with van der Waals surface area (Å²) in [5, 5.41) is 0. The minimum absolute atomic E-state index is 0.0189. The number of aryl methyl sites for hydroxylation is 1. The van der Waals surface area contributed by atoms with E-state index in [-0.39, 0.29) is 12.7 Å². The molecule has 1 aliphatic rings. The number of unbranched alkanes of at least 4 members (excludes halogenated alkanes) is 1. The van der Waals surface area contributed by atoms with E-state index < -0.39 is 0 Å². The summed E-state index contributed by atoms with van der Waals surface area (Å²) in [4.78, 5) is 15.3. The number of carbonyl (C=O) groups is 1. The van der Waals surface area contributed by atoms with Crippen LogP contribution in [-0.2, 0) is 13.1 Å². The summed E-state index contributed by atoms with van der Waals surface area (Å²) in [6, 6.07) is 18.0. The molecule has 0 saturated carbocycles. The summed E-state index contributed by atoms with van der Waals surface area (Å²) >= 11 is 0. The highest BCUT2D eigenvalue weighted by molar-refractivity contribution is 5.95. The minimum atomic E-state index is 0.0189. The Morgan fingerprint density at radius 3 is 2.73 bits per heavy atom. The van der Waals surface area contributed by atoms with E-state index >= 15 is 0 Å². The number of fused-ring (bicyclic) bond motifs is 1. The van der Waals surface area contributed by atoms with Crippen molar-refractivity contribution in [1.29, 1.82) is 0 Å². The molecule has 2 aromatic carbocycles. The van der Waals surface area contributed by atoms with E-state index in [4.69, 9.17) is 9.47 Å². The maximum Gasteiger partial charge on any atom is 0.254 e. The van der Waals surface area contributed by atoms with E-state index in [1.165, 1.54) is 11.1 Å². The molecule has 0 fully saturated rings. The quantitative estimate of drug-likeness (QED) is 0.530. The molecule has 1 aromatic heterocycles. The Kier molecular flexibility index (Phi) is 6.07. The van der Waals surface area contributed by atoms with Crippen LogP contribution in [0.2, 0.25) is 0 Å². The lowest BCUT2D eigenvalue weighted by molar-refractivity contribution is 0.0736. The zero-order valence-electron chi connectivity index (χ0n) is 17.6. The number of aromatic nitrogens is 1. The van der Waals surface area contributed by atoms with E-state index in [0.717, 1.165) is 31.6 Å². The van der Waals surface area contributed by atoms with E-state index in [1.54, 1.807) is 6.07 Å². The molecule has 30 heavy (non-hydrogen) atoms. The molecule has 0 aliphatic carbocycles. The monoisotopic (exact) mass is 404 g/mol. The van der Waals surface area contributed by atoms with Crippen LogP contribution < -0.4 is 9.47 Å². The summed E-state index contributed by atoms with van der Waals surface area (Å²) in [7, 11) is 0. The van der Waals surface area contributed by atoms with Crippen molar-refractivity contribution in [3.63, 3.8) is 0 Å². The summed E-state index contributed by atoms with van der Waals surface area (Å²) in [6.45, 7) is 6.58. The molecule has 0 bridgehead atoms. The van der Waals surface area contributed by atoms with Crippen molar-refractivity contribution in [2.75, 3.05) is 13.3 Å². The number of hydrogen-bond donors (Lipinski definition) is 0. The molecular weight excluding hydrogens is 376 g/mol. The lowest BCUT2D eigenvalue weighted by atomic mass is 10.1. The van der Waals surface area contributed by atoms with E-state index in [9.17, 15) is 4.79 Å². The highest BCUT2D eigenvalue weighted by Crippen LogP contribution is 2.33. The second kappa shape index (κ2) is 9.08. The van der Waals surface area contributed by atoms with Crippen LogP contribution in [0.15, 0.2) is 60.8 Å². The fourth-order valence-electron chi connectivity index (χ4n) is 3.73. The van der Waals surface area contributed by atoms with Crippen LogP contribution in [0, 0.1) is 6.92 Å². The number of nitrogens with zero attached hydrogens (tertiary/aromatic N) is 2. The molecule has 0 saturated heterocycles. The normalized spacial score (nSPS) is 12.2. The Balaban J connectivity index is 1.54. The Labute approximate surface area is 177 Å². The minimum Gasteiger partial charge on any atom is -0.454 e. The molecule has 156 valence electrons. The maximum absolute atomic E-state index is 13.3. The SMILES string of the molecule is CCCCN(Cc1cccn1Cc1ccccc1C)C(=O)c1ccc2c(c1)OCO2. The number of rotatable bonds is 8. The molecule has 1 aliphatic heterocycles. The maximum atomic E-state index is 13.3. The molecule has 4 rings (SSSR count). The summed E-state index contributed by atoms with van der Waals surface area (Å²) < 4.78 is 13.1. The number of carbonyl (C=O) groups excluding carboxylic acids is 1. The van der Waals surface area contributed by atoms with Crippen molar-refractivity contribution in [3.05, 3.63) is 83.2 Å². The van der Waals surface area contributed by atoms with E-state index in [0.29, 0.717) is 23.6 Å². The van der Waals surface area contributed by atoms with Crippen molar-refractivity contribution in [2.45, 2.75) is 39.8 Å². The van der Waals surface area contributed by atoms with Gasteiger partial charge in [-0.2, -0.15) is 0 Å². The standard InChI is InChI=1S/C25H28N2O3/c1-3-4-13-27(25(28)20-11-12-23-24(15-20)30-18-29-23)17-22-10-7-14-26(22)16-21-9-6-5-8-19(21)2/h5-12,14-15H,3-4,13,16-18H2,1-2H3. The second-order valence-electron chi connectivity index (χ2n) is 7.70. The van der Waals surface area contributed by atoms with Crippen molar-refractivity contribution < 1.29 is 14.3 Å². The van der Waals surface area contributed by atoms with Gasteiger partial charge in [-0.1, -0.05) is 37.6 Å². The van der Waals surface area contributed by atoms with Crippen LogP contribution in [-0.4, -0.2) is 28.7 Å². The van der Waals surface area contributed by atoms with Gasteiger partial charge < -0.3 is 18.9 Å². The number of ether oxygens (including phenoxy) is 2. The van der Waals surface area contributed by atoms with Gasteiger partial charge in [0.1, 0.15) is 0 Å². The van der Waals surface area contributed by atoms with Gasteiger partial charge in [0.05, 0.1) is 6.54 Å². The van der Waals surface area contributed by atoms with Gasteiger partial charge in [0.25, 0.3) is 5.91 Å². The summed E-state index contributed by atoms with van der Waals surface area (Å²) in [5.74, 6) is 1.35. The number of hydrogen-bond acceptors (Lipinski definition) is 3. The first-order chi connectivity index (χ1) is 14.7. The molecule has 5 nitrogen and oxygen atoms in total. The zero-order valence-corrected chi connectivity index (χ0v) is 17.6. The Bertz CT molecular complexity index is 1020. The van der Waals surface area contributed by atoms with Gasteiger partial charge in [0.15, 0.2) is 11.5 Å².